The van der Waals surface area contributed by atoms with Gasteiger partial charge in [-0.2, -0.15) is 5.26 Å². The van der Waals surface area contributed by atoms with Crippen LogP contribution in [-0.4, -0.2) is 8.42 Å². The van der Waals surface area contributed by atoms with Gasteiger partial charge in [-0.3, -0.25) is 0 Å². The minimum atomic E-state index is -3.72. The minimum Gasteiger partial charge on any atom is -0.457 e. The van der Waals surface area contributed by atoms with E-state index in [4.69, 9.17) is 9.56 Å². The van der Waals surface area contributed by atoms with Gasteiger partial charge in [0.1, 0.15) is 11.5 Å². The average Bonchev–Trinajstić information content (AvgIpc) is 3.08. The van der Waals surface area contributed by atoms with Gasteiger partial charge in [-0.15, -0.1) is 0 Å². The van der Waals surface area contributed by atoms with Crippen LogP contribution >= 0.6 is 0 Å². The standard InChI is InChI=1S/C19H14N2O3S/c20-13-16(14-4-2-1-3-5-14)12-17-8-11-19(24-17)15-6-9-18(10-7-15)25(21,22)23/h1-12H,(H2,21,22,23). The smallest absolute Gasteiger partial charge is 0.238 e. The van der Waals surface area contributed by atoms with Crippen molar-refractivity contribution in [1.29, 1.82) is 5.26 Å². The van der Waals surface area contributed by atoms with Crippen LogP contribution < -0.4 is 5.14 Å². The molecule has 0 aliphatic carbocycles. The Kier molecular flexibility index (Phi) is 4.52. The van der Waals surface area contributed by atoms with Gasteiger partial charge in [0.05, 0.1) is 16.5 Å². The molecule has 6 heteroatoms. The monoisotopic (exact) mass is 350 g/mol. The highest BCUT2D eigenvalue weighted by Gasteiger charge is 2.09. The molecule has 0 spiro atoms. The number of benzene rings is 2. The number of sulfonamides is 1. The molecule has 2 N–H and O–H groups in total. The van der Waals surface area contributed by atoms with Crippen molar-refractivity contribution in [2.24, 2.45) is 5.14 Å². The molecule has 2 aromatic carbocycles. The first-order valence-corrected chi connectivity index (χ1v) is 8.92. The third kappa shape index (κ3) is 3.86. The molecule has 0 aliphatic heterocycles. The molecule has 0 fully saturated rings. The van der Waals surface area contributed by atoms with Gasteiger partial charge in [0.25, 0.3) is 0 Å². The molecule has 0 unspecified atom stereocenters. The molecule has 3 aromatic rings. The van der Waals surface area contributed by atoms with Crippen molar-refractivity contribution < 1.29 is 12.8 Å². The van der Waals surface area contributed by atoms with Crippen molar-refractivity contribution in [2.45, 2.75) is 4.90 Å². The number of nitrogens with two attached hydrogens (primary N) is 1. The molecule has 0 radical (unpaired) electrons. The van der Waals surface area contributed by atoms with E-state index in [0.29, 0.717) is 22.7 Å². The topological polar surface area (TPSA) is 97.1 Å². The number of nitriles is 1. The Labute approximate surface area is 145 Å². The molecule has 1 heterocycles. The summed E-state index contributed by atoms with van der Waals surface area (Å²) in [5.41, 5.74) is 2.01. The van der Waals surface area contributed by atoms with Crippen LogP contribution in [0.1, 0.15) is 11.3 Å². The van der Waals surface area contributed by atoms with Gasteiger partial charge >= 0.3 is 0 Å². The Morgan fingerprint density at radius 1 is 1.00 bits per heavy atom. The fourth-order valence-electron chi connectivity index (χ4n) is 2.33. The molecule has 3 rings (SSSR count). The van der Waals surface area contributed by atoms with Crippen LogP contribution in [0.15, 0.2) is 76.0 Å². The Hall–Kier alpha value is -3.14. The molecule has 0 bridgehead atoms. The summed E-state index contributed by atoms with van der Waals surface area (Å²) in [5.74, 6) is 1.10. The maximum absolute atomic E-state index is 11.3. The summed E-state index contributed by atoms with van der Waals surface area (Å²) in [6.45, 7) is 0. The molecule has 1 aromatic heterocycles. The van der Waals surface area contributed by atoms with Crippen LogP contribution in [0.25, 0.3) is 23.0 Å². The third-order valence-corrected chi connectivity index (χ3v) is 4.52. The van der Waals surface area contributed by atoms with Crippen molar-refractivity contribution in [3.05, 3.63) is 78.1 Å². The second-order valence-electron chi connectivity index (χ2n) is 5.31. The fraction of sp³-hybridized carbons (Fsp3) is 0. The van der Waals surface area contributed by atoms with Crippen LogP contribution in [0.3, 0.4) is 0 Å². The van der Waals surface area contributed by atoms with E-state index in [-0.39, 0.29) is 4.90 Å². The highest BCUT2D eigenvalue weighted by atomic mass is 32.2. The first-order valence-electron chi connectivity index (χ1n) is 7.38. The summed E-state index contributed by atoms with van der Waals surface area (Å²) in [5, 5.41) is 14.4. The van der Waals surface area contributed by atoms with E-state index in [2.05, 4.69) is 6.07 Å². The Balaban J connectivity index is 1.90. The number of nitrogens with zero attached hydrogens (tertiary/aromatic N) is 1. The quantitative estimate of drug-likeness (QED) is 0.726. The Morgan fingerprint density at radius 3 is 2.28 bits per heavy atom. The van der Waals surface area contributed by atoms with Crippen molar-refractivity contribution in [3.8, 4) is 17.4 Å². The summed E-state index contributed by atoms with van der Waals surface area (Å²) >= 11 is 0. The van der Waals surface area contributed by atoms with Crippen LogP contribution in [0, 0.1) is 11.3 Å². The van der Waals surface area contributed by atoms with E-state index in [1.807, 2.05) is 30.3 Å². The summed E-state index contributed by atoms with van der Waals surface area (Å²) < 4.78 is 28.3. The molecule has 0 saturated carbocycles. The molecular weight excluding hydrogens is 336 g/mol. The second-order valence-corrected chi connectivity index (χ2v) is 6.87. The fourth-order valence-corrected chi connectivity index (χ4v) is 2.85. The Morgan fingerprint density at radius 2 is 1.68 bits per heavy atom. The minimum absolute atomic E-state index is 0.0405. The third-order valence-electron chi connectivity index (χ3n) is 3.59. The van der Waals surface area contributed by atoms with Crippen LogP contribution in [-0.2, 0) is 10.0 Å². The molecule has 0 aliphatic rings. The summed E-state index contributed by atoms with van der Waals surface area (Å²) in [4.78, 5) is 0.0405. The van der Waals surface area contributed by atoms with E-state index < -0.39 is 10.0 Å². The van der Waals surface area contributed by atoms with Crippen molar-refractivity contribution in [1.82, 2.24) is 0 Å². The number of rotatable bonds is 4. The molecule has 124 valence electrons. The van der Waals surface area contributed by atoms with Crippen molar-refractivity contribution in [3.63, 3.8) is 0 Å². The molecule has 0 atom stereocenters. The van der Waals surface area contributed by atoms with Crippen molar-refractivity contribution >= 4 is 21.7 Å². The number of hydrogen-bond donors (Lipinski definition) is 1. The van der Waals surface area contributed by atoms with Crippen LogP contribution in [0.2, 0.25) is 0 Å². The zero-order chi connectivity index (χ0) is 17.9. The van der Waals surface area contributed by atoms with Gasteiger partial charge in [0.2, 0.25) is 10.0 Å². The average molecular weight is 350 g/mol. The summed E-state index contributed by atoms with van der Waals surface area (Å²) in [6, 6.07) is 21.1. The lowest BCUT2D eigenvalue weighted by Crippen LogP contribution is -2.11. The zero-order valence-corrected chi connectivity index (χ0v) is 13.9. The van der Waals surface area contributed by atoms with E-state index in [9.17, 15) is 13.7 Å². The first-order chi connectivity index (χ1) is 12.0. The number of primary sulfonamides is 1. The van der Waals surface area contributed by atoms with Gasteiger partial charge in [-0.1, -0.05) is 30.3 Å². The maximum atomic E-state index is 11.3. The molecule has 5 nitrogen and oxygen atoms in total. The maximum Gasteiger partial charge on any atom is 0.238 e. The van der Waals surface area contributed by atoms with Gasteiger partial charge < -0.3 is 4.42 Å². The molecular formula is C19H14N2O3S. The highest BCUT2D eigenvalue weighted by Crippen LogP contribution is 2.26. The van der Waals surface area contributed by atoms with Crippen LogP contribution in [0.4, 0.5) is 0 Å². The van der Waals surface area contributed by atoms with Crippen LogP contribution in [0.5, 0.6) is 0 Å². The van der Waals surface area contributed by atoms with Gasteiger partial charge in [-0.05, 0) is 48.0 Å². The lowest BCUT2D eigenvalue weighted by Gasteiger charge is -2.00. The van der Waals surface area contributed by atoms with Gasteiger partial charge in [-0.25, -0.2) is 13.6 Å². The first kappa shape index (κ1) is 16.7. The van der Waals surface area contributed by atoms with Gasteiger partial charge in [0, 0.05) is 5.56 Å². The largest absolute Gasteiger partial charge is 0.457 e. The van der Waals surface area contributed by atoms with Gasteiger partial charge in [0.15, 0.2) is 0 Å². The summed E-state index contributed by atoms with van der Waals surface area (Å²) in [6.07, 6.45) is 1.66. The van der Waals surface area contributed by atoms with E-state index in [1.54, 1.807) is 30.3 Å². The number of furan rings is 1. The SMILES string of the molecule is N#CC(=Cc1ccc(-c2ccc(S(N)(=O)=O)cc2)o1)c1ccccc1. The predicted octanol–water partition coefficient (Wildman–Crippen LogP) is 3.66. The van der Waals surface area contributed by atoms with E-state index in [1.165, 1.54) is 12.1 Å². The molecule has 0 saturated heterocycles. The van der Waals surface area contributed by atoms with E-state index in [0.717, 1.165) is 5.56 Å². The number of allylic oxidation sites excluding steroid dienone is 1. The van der Waals surface area contributed by atoms with Crippen molar-refractivity contribution in [2.75, 3.05) is 0 Å². The number of hydrogen-bond acceptors (Lipinski definition) is 4. The second kappa shape index (κ2) is 6.77. The zero-order valence-electron chi connectivity index (χ0n) is 13.1. The summed E-state index contributed by atoms with van der Waals surface area (Å²) in [7, 11) is -3.72. The highest BCUT2D eigenvalue weighted by molar-refractivity contribution is 7.89. The van der Waals surface area contributed by atoms with E-state index >= 15 is 0 Å². The molecule has 25 heavy (non-hydrogen) atoms. The lowest BCUT2D eigenvalue weighted by molar-refractivity contribution is 0.571. The Bertz CT molecular complexity index is 1060. The predicted molar refractivity (Wildman–Crippen MR) is 95.4 cm³/mol. The lowest BCUT2D eigenvalue weighted by atomic mass is 10.1. The molecule has 0 amide bonds. The normalized spacial score (nSPS) is 11.9.